The predicted molar refractivity (Wildman–Crippen MR) is 74.4 cm³/mol. The van der Waals surface area contributed by atoms with Crippen molar-refractivity contribution in [3.63, 3.8) is 0 Å². The van der Waals surface area contributed by atoms with Crippen molar-refractivity contribution in [2.24, 2.45) is 0 Å². The SMILES string of the molecule is O=C(NCCC1CCCCO1)c1cc(S(=O)(=O)Cl)c[nH]1. The summed E-state index contributed by atoms with van der Waals surface area (Å²) in [6.45, 7) is 1.28. The Hall–Kier alpha value is -1.05. The molecular formula is C12H17ClN2O4S. The summed E-state index contributed by atoms with van der Waals surface area (Å²) in [5.41, 5.74) is 0.175. The maximum Gasteiger partial charge on any atom is 0.267 e. The Labute approximate surface area is 122 Å². The van der Waals surface area contributed by atoms with Crippen molar-refractivity contribution < 1.29 is 17.9 Å². The molecule has 8 heteroatoms. The van der Waals surface area contributed by atoms with Gasteiger partial charge in [0.15, 0.2) is 0 Å². The topological polar surface area (TPSA) is 88.3 Å². The van der Waals surface area contributed by atoms with Crippen LogP contribution < -0.4 is 5.32 Å². The minimum Gasteiger partial charge on any atom is -0.378 e. The standard InChI is InChI=1S/C12H17ClN2O4S/c13-20(17,18)10-7-11(15-8-10)12(16)14-5-4-9-3-1-2-6-19-9/h7-9,15H,1-6H2,(H,14,16). The van der Waals surface area contributed by atoms with Crippen LogP contribution >= 0.6 is 10.7 Å². The van der Waals surface area contributed by atoms with Gasteiger partial charge in [0.1, 0.15) is 10.6 Å². The van der Waals surface area contributed by atoms with E-state index in [0.29, 0.717) is 6.54 Å². The molecule has 0 saturated carbocycles. The van der Waals surface area contributed by atoms with E-state index in [1.807, 2.05) is 0 Å². The summed E-state index contributed by atoms with van der Waals surface area (Å²) >= 11 is 0. The maximum absolute atomic E-state index is 11.8. The molecule has 1 fully saturated rings. The van der Waals surface area contributed by atoms with E-state index < -0.39 is 9.05 Å². The number of nitrogens with one attached hydrogen (secondary N) is 2. The number of amides is 1. The highest BCUT2D eigenvalue weighted by atomic mass is 35.7. The first kappa shape index (κ1) is 15.3. The highest BCUT2D eigenvalue weighted by Crippen LogP contribution is 2.16. The smallest absolute Gasteiger partial charge is 0.267 e. The van der Waals surface area contributed by atoms with Gasteiger partial charge in [0.25, 0.3) is 15.0 Å². The van der Waals surface area contributed by atoms with Gasteiger partial charge >= 0.3 is 0 Å². The monoisotopic (exact) mass is 320 g/mol. The Morgan fingerprint density at radius 1 is 1.50 bits per heavy atom. The second-order valence-corrected chi connectivity index (χ2v) is 7.29. The van der Waals surface area contributed by atoms with Gasteiger partial charge in [-0.25, -0.2) is 8.42 Å². The van der Waals surface area contributed by atoms with Crippen LogP contribution in [-0.2, 0) is 13.8 Å². The van der Waals surface area contributed by atoms with Gasteiger partial charge in [-0.2, -0.15) is 0 Å². The number of halogens is 1. The van der Waals surface area contributed by atoms with E-state index in [9.17, 15) is 13.2 Å². The van der Waals surface area contributed by atoms with Crippen LogP contribution in [0.1, 0.15) is 36.2 Å². The molecule has 6 nitrogen and oxygen atoms in total. The highest BCUT2D eigenvalue weighted by molar-refractivity contribution is 8.13. The second kappa shape index (κ2) is 6.60. The van der Waals surface area contributed by atoms with Crippen LogP contribution in [0.2, 0.25) is 0 Å². The second-order valence-electron chi connectivity index (χ2n) is 4.72. The lowest BCUT2D eigenvalue weighted by Crippen LogP contribution is -2.29. The van der Waals surface area contributed by atoms with Gasteiger partial charge in [-0.3, -0.25) is 4.79 Å². The average Bonchev–Trinajstić information content (AvgIpc) is 2.89. The first-order valence-corrected chi connectivity index (χ1v) is 8.80. The molecule has 0 bridgehead atoms. The summed E-state index contributed by atoms with van der Waals surface area (Å²) in [5.74, 6) is -0.354. The number of hydrogen-bond donors (Lipinski definition) is 2. The van der Waals surface area contributed by atoms with E-state index in [4.69, 9.17) is 15.4 Å². The van der Waals surface area contributed by atoms with Crippen molar-refractivity contribution in [3.8, 4) is 0 Å². The molecule has 1 aromatic heterocycles. The van der Waals surface area contributed by atoms with Crippen LogP contribution in [0, 0.1) is 0 Å². The van der Waals surface area contributed by atoms with Crippen molar-refractivity contribution in [1.82, 2.24) is 10.3 Å². The van der Waals surface area contributed by atoms with Crippen molar-refractivity contribution in [1.29, 1.82) is 0 Å². The average molecular weight is 321 g/mol. The molecule has 112 valence electrons. The normalized spacial score (nSPS) is 19.8. The van der Waals surface area contributed by atoms with Gasteiger partial charge in [0, 0.05) is 30.0 Å². The van der Waals surface area contributed by atoms with E-state index in [0.717, 1.165) is 32.3 Å². The molecule has 1 amide bonds. The van der Waals surface area contributed by atoms with Gasteiger partial charge in [-0.05, 0) is 31.7 Å². The predicted octanol–water partition coefficient (Wildman–Crippen LogP) is 1.63. The number of carbonyl (C=O) groups is 1. The molecule has 0 radical (unpaired) electrons. The van der Waals surface area contributed by atoms with Crippen molar-refractivity contribution in [2.75, 3.05) is 13.2 Å². The zero-order valence-electron chi connectivity index (χ0n) is 10.9. The third kappa shape index (κ3) is 4.22. The van der Waals surface area contributed by atoms with Crippen LogP contribution in [-0.4, -0.2) is 38.6 Å². The molecule has 2 rings (SSSR count). The zero-order valence-corrected chi connectivity index (χ0v) is 12.5. The molecule has 1 saturated heterocycles. The summed E-state index contributed by atoms with van der Waals surface area (Å²) < 4.78 is 27.7. The summed E-state index contributed by atoms with van der Waals surface area (Å²) in [7, 11) is 1.37. The molecular weight excluding hydrogens is 304 g/mol. The minimum atomic E-state index is -3.81. The van der Waals surface area contributed by atoms with Crippen molar-refractivity contribution in [2.45, 2.75) is 36.7 Å². The number of carbonyl (C=O) groups excluding carboxylic acids is 1. The molecule has 20 heavy (non-hydrogen) atoms. The fraction of sp³-hybridized carbons (Fsp3) is 0.583. The summed E-state index contributed by atoms with van der Waals surface area (Å²) in [4.78, 5) is 14.3. The molecule has 2 N–H and O–H groups in total. The van der Waals surface area contributed by atoms with Crippen LogP contribution in [0.15, 0.2) is 17.2 Å². The van der Waals surface area contributed by atoms with Gasteiger partial charge in [0.05, 0.1) is 6.10 Å². The number of hydrogen-bond acceptors (Lipinski definition) is 4. The van der Waals surface area contributed by atoms with Crippen LogP contribution in [0.25, 0.3) is 0 Å². The van der Waals surface area contributed by atoms with Gasteiger partial charge in [0.2, 0.25) is 0 Å². The summed E-state index contributed by atoms with van der Waals surface area (Å²) in [6, 6.07) is 1.22. The van der Waals surface area contributed by atoms with Crippen molar-refractivity contribution >= 4 is 25.6 Å². The van der Waals surface area contributed by atoms with E-state index >= 15 is 0 Å². The quantitative estimate of drug-likeness (QED) is 0.807. The van der Waals surface area contributed by atoms with E-state index in [2.05, 4.69) is 10.3 Å². The van der Waals surface area contributed by atoms with Gasteiger partial charge in [-0.1, -0.05) is 0 Å². The Bertz CT molecular complexity index is 564. The lowest BCUT2D eigenvalue weighted by Gasteiger charge is -2.22. The van der Waals surface area contributed by atoms with E-state index in [-0.39, 0.29) is 22.6 Å². The minimum absolute atomic E-state index is 0.111. The molecule has 1 aromatic rings. The largest absolute Gasteiger partial charge is 0.378 e. The van der Waals surface area contributed by atoms with E-state index in [1.165, 1.54) is 12.3 Å². The molecule has 0 aromatic carbocycles. The van der Waals surface area contributed by atoms with Crippen LogP contribution in [0.3, 0.4) is 0 Å². The molecule has 0 spiro atoms. The molecule has 0 aliphatic carbocycles. The molecule has 1 atom stereocenters. The summed E-state index contributed by atoms with van der Waals surface area (Å²) in [6.07, 6.45) is 5.43. The lowest BCUT2D eigenvalue weighted by atomic mass is 10.1. The first-order valence-electron chi connectivity index (χ1n) is 6.50. The zero-order chi connectivity index (χ0) is 14.6. The molecule has 1 aliphatic rings. The van der Waals surface area contributed by atoms with Crippen molar-refractivity contribution in [3.05, 3.63) is 18.0 Å². The fourth-order valence-electron chi connectivity index (χ4n) is 2.12. The number of rotatable bonds is 5. The van der Waals surface area contributed by atoms with Crippen LogP contribution in [0.5, 0.6) is 0 Å². The Morgan fingerprint density at radius 3 is 2.90 bits per heavy atom. The van der Waals surface area contributed by atoms with Gasteiger partial charge < -0.3 is 15.0 Å². The number of aromatic amines is 1. The van der Waals surface area contributed by atoms with Crippen LogP contribution in [0.4, 0.5) is 0 Å². The fourth-order valence-corrected chi connectivity index (χ4v) is 2.85. The molecule has 2 heterocycles. The highest BCUT2D eigenvalue weighted by Gasteiger charge is 2.17. The number of ether oxygens (including phenoxy) is 1. The Morgan fingerprint density at radius 2 is 2.30 bits per heavy atom. The Balaban J connectivity index is 1.81. The van der Waals surface area contributed by atoms with Gasteiger partial charge in [-0.15, -0.1) is 0 Å². The Kier molecular flexibility index (Phi) is 5.06. The molecule has 1 unspecified atom stereocenters. The summed E-state index contributed by atoms with van der Waals surface area (Å²) in [5, 5.41) is 2.72. The maximum atomic E-state index is 11.8. The number of aromatic nitrogens is 1. The third-order valence-electron chi connectivity index (χ3n) is 3.21. The van der Waals surface area contributed by atoms with E-state index in [1.54, 1.807) is 0 Å². The molecule has 1 aliphatic heterocycles. The lowest BCUT2D eigenvalue weighted by molar-refractivity contribution is 0.0117. The number of H-pyrrole nitrogens is 1. The first-order chi connectivity index (χ1) is 9.47. The third-order valence-corrected chi connectivity index (χ3v) is 4.54.